The fourth-order valence-corrected chi connectivity index (χ4v) is 5.96. The summed E-state index contributed by atoms with van der Waals surface area (Å²) in [5.74, 6) is -0.123. The number of sulfone groups is 1. The lowest BCUT2D eigenvalue weighted by atomic mass is 10.1. The number of nitrogens with zero attached hydrogens (tertiary/aromatic N) is 3. The minimum atomic E-state index is -3.01. The van der Waals surface area contributed by atoms with Crippen molar-refractivity contribution >= 4 is 49.8 Å². The Morgan fingerprint density at radius 2 is 2.23 bits per heavy atom. The SMILES string of the molecule is Cn1c(SCC(=O)Nc2sccc2C(N)=O)nnc1[C@H]1CCS(=O)(=O)C1. The van der Waals surface area contributed by atoms with Crippen LogP contribution in [0.15, 0.2) is 16.6 Å². The molecule has 2 amide bonds. The average Bonchev–Trinajstić information content (AvgIpc) is 3.24. The van der Waals surface area contributed by atoms with Gasteiger partial charge in [0.15, 0.2) is 15.0 Å². The van der Waals surface area contributed by atoms with Crippen molar-refractivity contribution in [2.45, 2.75) is 17.5 Å². The van der Waals surface area contributed by atoms with Crippen LogP contribution < -0.4 is 11.1 Å². The highest BCUT2D eigenvalue weighted by molar-refractivity contribution is 7.99. The Hall–Kier alpha value is -1.92. The van der Waals surface area contributed by atoms with Gasteiger partial charge in [-0.1, -0.05) is 11.8 Å². The van der Waals surface area contributed by atoms with Crippen molar-refractivity contribution in [2.75, 3.05) is 22.6 Å². The summed E-state index contributed by atoms with van der Waals surface area (Å²) in [4.78, 5) is 23.4. The second-order valence-electron chi connectivity index (χ2n) is 5.86. The summed E-state index contributed by atoms with van der Waals surface area (Å²) >= 11 is 2.41. The molecule has 1 saturated heterocycles. The van der Waals surface area contributed by atoms with Crippen molar-refractivity contribution in [1.82, 2.24) is 14.8 Å². The van der Waals surface area contributed by atoms with Crippen LogP contribution in [0.25, 0.3) is 0 Å². The monoisotopic (exact) mass is 415 g/mol. The molecule has 140 valence electrons. The number of nitrogens with two attached hydrogens (primary N) is 1. The molecule has 0 spiro atoms. The summed E-state index contributed by atoms with van der Waals surface area (Å²) in [5, 5.41) is 13.4. The van der Waals surface area contributed by atoms with Crippen molar-refractivity contribution in [2.24, 2.45) is 12.8 Å². The summed E-state index contributed by atoms with van der Waals surface area (Å²) in [6, 6.07) is 1.56. The molecule has 0 aliphatic carbocycles. The number of thiophene rings is 1. The molecular weight excluding hydrogens is 398 g/mol. The summed E-state index contributed by atoms with van der Waals surface area (Å²) in [5.41, 5.74) is 5.52. The van der Waals surface area contributed by atoms with Crippen LogP contribution >= 0.6 is 23.1 Å². The molecule has 0 bridgehead atoms. The normalized spacial score (nSPS) is 18.7. The number of thioether (sulfide) groups is 1. The highest BCUT2D eigenvalue weighted by atomic mass is 32.2. The number of nitrogens with one attached hydrogen (secondary N) is 1. The van der Waals surface area contributed by atoms with E-state index in [1.807, 2.05) is 0 Å². The predicted octanol–water partition coefficient (Wildman–Crippen LogP) is 0.608. The maximum Gasteiger partial charge on any atom is 0.251 e. The number of primary amides is 1. The number of carbonyl (C=O) groups is 2. The Balaban J connectivity index is 1.61. The standard InChI is InChI=1S/C14H17N5O4S3/c1-19-12(8-3-5-26(22,23)7-8)17-18-14(19)25-6-10(20)16-13-9(11(15)21)2-4-24-13/h2,4,8H,3,5-7H2,1H3,(H2,15,21)(H,16,20)/t8-/m0/s1. The molecule has 0 aromatic carbocycles. The maximum absolute atomic E-state index is 12.1. The summed E-state index contributed by atoms with van der Waals surface area (Å²) in [6.07, 6.45) is 0.535. The fourth-order valence-electron chi connectivity index (χ4n) is 2.70. The van der Waals surface area contributed by atoms with Crippen LogP contribution in [0.4, 0.5) is 5.00 Å². The highest BCUT2D eigenvalue weighted by Crippen LogP contribution is 2.29. The van der Waals surface area contributed by atoms with E-state index in [1.54, 1.807) is 23.1 Å². The van der Waals surface area contributed by atoms with E-state index in [0.717, 1.165) is 0 Å². The van der Waals surface area contributed by atoms with Crippen LogP contribution in [-0.4, -0.2) is 52.3 Å². The molecule has 1 atom stereocenters. The van der Waals surface area contributed by atoms with E-state index in [2.05, 4.69) is 15.5 Å². The van der Waals surface area contributed by atoms with Gasteiger partial charge in [0.2, 0.25) is 5.91 Å². The molecule has 0 saturated carbocycles. The van der Waals surface area contributed by atoms with Gasteiger partial charge in [0.25, 0.3) is 5.91 Å². The number of hydrogen-bond acceptors (Lipinski definition) is 8. The quantitative estimate of drug-likeness (QED) is 0.659. The zero-order valence-corrected chi connectivity index (χ0v) is 16.3. The second kappa shape index (κ2) is 7.37. The van der Waals surface area contributed by atoms with E-state index >= 15 is 0 Å². The average molecular weight is 416 g/mol. The summed E-state index contributed by atoms with van der Waals surface area (Å²) in [7, 11) is -1.25. The van der Waals surface area contributed by atoms with Crippen molar-refractivity contribution in [1.29, 1.82) is 0 Å². The number of anilines is 1. The lowest BCUT2D eigenvalue weighted by Gasteiger charge is -2.08. The van der Waals surface area contributed by atoms with E-state index in [-0.39, 0.29) is 34.6 Å². The van der Waals surface area contributed by atoms with Gasteiger partial charge in [-0.25, -0.2) is 8.42 Å². The van der Waals surface area contributed by atoms with Gasteiger partial charge in [0.05, 0.1) is 22.8 Å². The van der Waals surface area contributed by atoms with Crippen molar-refractivity contribution in [3.05, 3.63) is 22.8 Å². The Morgan fingerprint density at radius 1 is 1.46 bits per heavy atom. The molecule has 3 heterocycles. The summed E-state index contributed by atoms with van der Waals surface area (Å²) in [6.45, 7) is 0. The molecule has 9 nitrogen and oxygen atoms in total. The molecule has 3 N–H and O–H groups in total. The third-order valence-electron chi connectivity index (χ3n) is 3.98. The third-order valence-corrected chi connectivity index (χ3v) is 7.60. The highest BCUT2D eigenvalue weighted by Gasteiger charge is 2.32. The molecule has 2 aromatic rings. The van der Waals surface area contributed by atoms with Crippen LogP contribution in [0, 0.1) is 0 Å². The first-order valence-corrected chi connectivity index (χ1v) is 11.3. The first kappa shape index (κ1) is 18.9. The van der Waals surface area contributed by atoms with E-state index in [9.17, 15) is 18.0 Å². The van der Waals surface area contributed by atoms with Gasteiger partial charge in [0, 0.05) is 13.0 Å². The number of aromatic nitrogens is 3. The smallest absolute Gasteiger partial charge is 0.251 e. The predicted molar refractivity (Wildman–Crippen MR) is 99.2 cm³/mol. The van der Waals surface area contributed by atoms with Crippen molar-refractivity contribution in [3.63, 3.8) is 0 Å². The van der Waals surface area contributed by atoms with Crippen LogP contribution in [0.2, 0.25) is 0 Å². The van der Waals surface area contributed by atoms with Crippen molar-refractivity contribution < 1.29 is 18.0 Å². The lowest BCUT2D eigenvalue weighted by molar-refractivity contribution is -0.113. The molecule has 1 aliphatic heterocycles. The topological polar surface area (TPSA) is 137 Å². The molecule has 0 radical (unpaired) electrons. The van der Waals surface area contributed by atoms with E-state index in [0.29, 0.717) is 22.4 Å². The zero-order valence-electron chi connectivity index (χ0n) is 13.8. The number of amides is 2. The molecular formula is C14H17N5O4S3. The number of rotatable bonds is 6. The van der Waals surface area contributed by atoms with Crippen molar-refractivity contribution in [3.8, 4) is 0 Å². The first-order valence-electron chi connectivity index (χ1n) is 7.66. The molecule has 1 aliphatic rings. The van der Waals surface area contributed by atoms with Crippen LogP contribution in [0.5, 0.6) is 0 Å². The fraction of sp³-hybridized carbons (Fsp3) is 0.429. The Morgan fingerprint density at radius 3 is 2.88 bits per heavy atom. The second-order valence-corrected chi connectivity index (χ2v) is 9.95. The number of hydrogen-bond donors (Lipinski definition) is 2. The Labute approximate surface area is 158 Å². The molecule has 2 aromatic heterocycles. The van der Waals surface area contributed by atoms with Gasteiger partial charge >= 0.3 is 0 Å². The molecule has 0 unspecified atom stereocenters. The molecule has 1 fully saturated rings. The van der Waals surface area contributed by atoms with E-state index in [4.69, 9.17) is 5.73 Å². The van der Waals surface area contributed by atoms with Crippen LogP contribution in [0.3, 0.4) is 0 Å². The van der Waals surface area contributed by atoms with Crippen LogP contribution in [-0.2, 0) is 21.7 Å². The van der Waals surface area contributed by atoms with Gasteiger partial charge in [0.1, 0.15) is 10.8 Å². The summed E-state index contributed by atoms with van der Waals surface area (Å²) < 4.78 is 25.0. The van der Waals surface area contributed by atoms with Gasteiger partial charge in [-0.3, -0.25) is 9.59 Å². The lowest BCUT2D eigenvalue weighted by Crippen LogP contribution is -2.18. The minimum absolute atomic E-state index is 0.0744. The van der Waals surface area contributed by atoms with Gasteiger partial charge in [-0.15, -0.1) is 21.5 Å². The molecule has 26 heavy (non-hydrogen) atoms. The minimum Gasteiger partial charge on any atom is -0.366 e. The number of carbonyl (C=O) groups excluding carboxylic acids is 2. The molecule has 12 heteroatoms. The third kappa shape index (κ3) is 4.07. The first-order chi connectivity index (χ1) is 12.3. The Kier molecular flexibility index (Phi) is 5.34. The van der Waals surface area contributed by atoms with E-state index in [1.165, 1.54) is 23.1 Å². The largest absolute Gasteiger partial charge is 0.366 e. The zero-order chi connectivity index (χ0) is 18.9. The molecule has 3 rings (SSSR count). The Bertz CT molecular complexity index is 950. The van der Waals surface area contributed by atoms with E-state index < -0.39 is 15.7 Å². The van der Waals surface area contributed by atoms with Crippen LogP contribution in [0.1, 0.15) is 28.5 Å². The van der Waals surface area contributed by atoms with Gasteiger partial charge < -0.3 is 15.6 Å². The van der Waals surface area contributed by atoms with Gasteiger partial charge in [-0.2, -0.15) is 0 Å². The van der Waals surface area contributed by atoms with Gasteiger partial charge in [-0.05, 0) is 17.9 Å². The maximum atomic E-state index is 12.1.